The Kier molecular flexibility index (Phi) is 9.56. The number of benzene rings is 2. The zero-order chi connectivity index (χ0) is 33.1. The van der Waals surface area contributed by atoms with Gasteiger partial charge in [-0.1, -0.05) is 73.2 Å². The van der Waals surface area contributed by atoms with Crippen molar-refractivity contribution in [2.75, 3.05) is 46.4 Å². The van der Waals surface area contributed by atoms with Gasteiger partial charge in [-0.05, 0) is 30.4 Å². The van der Waals surface area contributed by atoms with Gasteiger partial charge < -0.3 is 15.4 Å². The first-order chi connectivity index (χ1) is 22.8. The van der Waals surface area contributed by atoms with Gasteiger partial charge in [0.15, 0.2) is 0 Å². The van der Waals surface area contributed by atoms with Crippen molar-refractivity contribution in [2.24, 2.45) is 17.8 Å². The van der Waals surface area contributed by atoms with Gasteiger partial charge in [0.2, 0.25) is 17.7 Å². The number of fused-ring (bicyclic) bond motifs is 3. The van der Waals surface area contributed by atoms with Gasteiger partial charge in [-0.15, -0.1) is 0 Å². The molecule has 0 radical (unpaired) electrons. The zero-order valence-electron chi connectivity index (χ0n) is 27.1. The van der Waals surface area contributed by atoms with Crippen LogP contribution in [0.25, 0.3) is 0 Å². The lowest BCUT2D eigenvalue weighted by molar-refractivity contribution is -0.151. The van der Waals surface area contributed by atoms with Gasteiger partial charge in [-0.3, -0.25) is 29.0 Å². The van der Waals surface area contributed by atoms with Crippen LogP contribution in [0.3, 0.4) is 0 Å². The number of hydrogen-bond acceptors (Lipinski definition) is 7. The normalized spacial score (nSPS) is 26.3. The quantitative estimate of drug-likeness (QED) is 0.403. The number of carbonyl (C=O) groups excluding carboxylic acids is 5. The number of urea groups is 1. The van der Waals surface area contributed by atoms with Crippen LogP contribution in [0.1, 0.15) is 37.3 Å². The fraction of sp³-hybridized carbons (Fsp3) is 0.472. The maximum atomic E-state index is 15.0. The van der Waals surface area contributed by atoms with Crippen LogP contribution in [0.5, 0.6) is 0 Å². The number of ether oxygens (including phenoxy) is 1. The Morgan fingerprint density at radius 1 is 0.915 bits per heavy atom. The van der Waals surface area contributed by atoms with Crippen molar-refractivity contribution < 1.29 is 28.7 Å². The molecule has 11 heteroatoms. The molecule has 0 spiro atoms. The van der Waals surface area contributed by atoms with Crippen LogP contribution in [0.2, 0.25) is 0 Å². The third kappa shape index (κ3) is 5.98. The van der Waals surface area contributed by atoms with E-state index in [2.05, 4.69) is 15.5 Å². The van der Waals surface area contributed by atoms with Gasteiger partial charge in [-0.2, -0.15) is 0 Å². The summed E-state index contributed by atoms with van der Waals surface area (Å²) in [5.41, 5.74) is 0.893. The Labute approximate surface area is 275 Å². The third-order valence-electron chi connectivity index (χ3n) is 10.3. The second-order valence-electron chi connectivity index (χ2n) is 12.8. The molecule has 1 aliphatic carbocycles. The van der Waals surface area contributed by atoms with Crippen LogP contribution in [0, 0.1) is 17.8 Å². The molecule has 6 rings (SSSR count). The Morgan fingerprint density at radius 3 is 2.23 bits per heavy atom. The summed E-state index contributed by atoms with van der Waals surface area (Å²) in [4.78, 5) is 76.0. The van der Waals surface area contributed by atoms with E-state index < -0.39 is 41.1 Å². The number of carbonyl (C=O) groups is 5. The van der Waals surface area contributed by atoms with E-state index in [1.165, 1.54) is 7.05 Å². The summed E-state index contributed by atoms with van der Waals surface area (Å²) in [7, 11) is 1.48. The minimum atomic E-state index is -1.82. The van der Waals surface area contributed by atoms with Crippen molar-refractivity contribution in [3.63, 3.8) is 0 Å². The van der Waals surface area contributed by atoms with Crippen molar-refractivity contribution in [3.05, 3.63) is 82.9 Å². The first-order valence-electron chi connectivity index (χ1n) is 16.6. The highest BCUT2D eigenvalue weighted by Gasteiger charge is 2.67. The molecule has 1 saturated carbocycles. The number of likely N-dealkylation sites (tertiary alicyclic amines) is 1. The molecular weight excluding hydrogens is 598 g/mol. The number of nitrogens with one attached hydrogen (secondary N) is 2. The molecule has 3 aliphatic heterocycles. The topological polar surface area (TPSA) is 128 Å². The lowest BCUT2D eigenvalue weighted by atomic mass is 9.57. The second kappa shape index (κ2) is 13.8. The van der Waals surface area contributed by atoms with E-state index in [0.717, 1.165) is 34.0 Å². The maximum Gasteiger partial charge on any atom is 0.325 e. The standard InChI is InChI=1S/C36H43N5O6/c1-3-26-27-14-15-28-29(33(44)39(2)31(28)42)30(27)36(22-24-10-6-4-7-11-24,34(45)38-23-25-12-8-5-9-13-25)41(32(26)43)35(46)37-16-17-40-18-20-47-21-19-40/h4-13,28-30H,3,14-23H2,1-2H3,(H,37,46)(H,38,45)/t28-,29-,30+,36+/m1/s1. The average Bonchev–Trinajstić information content (AvgIpc) is 3.31. The molecule has 47 heavy (non-hydrogen) atoms. The highest BCUT2D eigenvalue weighted by atomic mass is 16.5. The maximum absolute atomic E-state index is 15.0. The molecule has 2 aromatic carbocycles. The van der Waals surface area contributed by atoms with Gasteiger partial charge in [0.25, 0.3) is 5.91 Å². The summed E-state index contributed by atoms with van der Waals surface area (Å²) in [5, 5.41) is 6.01. The van der Waals surface area contributed by atoms with Crippen LogP contribution < -0.4 is 10.6 Å². The third-order valence-corrected chi connectivity index (χ3v) is 10.3. The van der Waals surface area contributed by atoms with Gasteiger partial charge in [-0.25, -0.2) is 9.69 Å². The lowest BCUT2D eigenvalue weighted by Crippen LogP contribution is -2.73. The van der Waals surface area contributed by atoms with Gasteiger partial charge in [0, 0.05) is 57.7 Å². The minimum Gasteiger partial charge on any atom is -0.379 e. The first kappa shape index (κ1) is 32.6. The largest absolute Gasteiger partial charge is 0.379 e. The number of amides is 6. The zero-order valence-corrected chi connectivity index (χ0v) is 27.1. The van der Waals surface area contributed by atoms with Crippen molar-refractivity contribution in [3.8, 4) is 0 Å². The monoisotopic (exact) mass is 641 g/mol. The number of hydrogen-bond donors (Lipinski definition) is 2. The molecule has 4 aliphatic rings. The molecule has 6 amide bonds. The number of rotatable bonds is 9. The van der Waals surface area contributed by atoms with E-state index in [4.69, 9.17) is 4.74 Å². The SMILES string of the molecule is CCC1=C2CC[C@H]3C(=O)N(C)C(=O)[C@H]3[C@H]2[C@@](Cc2ccccc2)(C(=O)NCc2ccccc2)N(C(=O)NCCN2CCOCC2)C1=O. The first-order valence-corrected chi connectivity index (χ1v) is 16.6. The fourth-order valence-corrected chi connectivity index (χ4v) is 8.01. The van der Waals surface area contributed by atoms with Gasteiger partial charge >= 0.3 is 6.03 Å². The summed E-state index contributed by atoms with van der Waals surface area (Å²) in [6.45, 7) is 5.51. The summed E-state index contributed by atoms with van der Waals surface area (Å²) < 4.78 is 5.45. The predicted octanol–water partition coefficient (Wildman–Crippen LogP) is 2.52. The molecule has 3 heterocycles. The molecule has 248 valence electrons. The second-order valence-corrected chi connectivity index (χ2v) is 12.8. The highest BCUT2D eigenvalue weighted by Crippen LogP contribution is 2.55. The minimum absolute atomic E-state index is 0.0172. The van der Waals surface area contributed by atoms with Crippen LogP contribution in [-0.4, -0.2) is 96.3 Å². The van der Waals surface area contributed by atoms with Gasteiger partial charge in [0.1, 0.15) is 5.54 Å². The Balaban J connectivity index is 1.48. The molecule has 4 atom stereocenters. The molecule has 2 aromatic rings. The summed E-state index contributed by atoms with van der Waals surface area (Å²) in [6, 6.07) is 18.0. The number of imide groups is 2. The molecule has 2 saturated heterocycles. The molecule has 11 nitrogen and oxygen atoms in total. The average molecular weight is 642 g/mol. The lowest BCUT2D eigenvalue weighted by Gasteiger charge is -2.54. The summed E-state index contributed by atoms with van der Waals surface area (Å²) in [6.07, 6.45) is 1.10. The number of morpholine rings is 1. The van der Waals surface area contributed by atoms with Crippen molar-refractivity contribution >= 4 is 29.7 Å². The van der Waals surface area contributed by atoms with Crippen LogP contribution in [0.15, 0.2) is 71.8 Å². The Morgan fingerprint density at radius 2 is 1.57 bits per heavy atom. The fourth-order valence-electron chi connectivity index (χ4n) is 8.01. The summed E-state index contributed by atoms with van der Waals surface area (Å²) >= 11 is 0. The van der Waals surface area contributed by atoms with E-state index in [1.54, 1.807) is 0 Å². The van der Waals surface area contributed by atoms with E-state index in [9.17, 15) is 19.2 Å². The van der Waals surface area contributed by atoms with Crippen LogP contribution in [0.4, 0.5) is 4.79 Å². The Bertz CT molecular complexity index is 1560. The van der Waals surface area contributed by atoms with Crippen molar-refractivity contribution in [1.82, 2.24) is 25.3 Å². The van der Waals surface area contributed by atoms with Gasteiger partial charge in [0.05, 0.1) is 25.0 Å². The van der Waals surface area contributed by atoms with E-state index in [-0.39, 0.29) is 31.3 Å². The highest BCUT2D eigenvalue weighted by molar-refractivity contribution is 6.12. The molecule has 0 unspecified atom stereocenters. The van der Waals surface area contributed by atoms with E-state index in [1.807, 2.05) is 67.6 Å². The van der Waals surface area contributed by atoms with E-state index >= 15 is 4.79 Å². The van der Waals surface area contributed by atoms with Crippen molar-refractivity contribution in [2.45, 2.75) is 44.7 Å². The molecular formula is C36H43N5O6. The van der Waals surface area contributed by atoms with Crippen molar-refractivity contribution in [1.29, 1.82) is 0 Å². The Hall–Kier alpha value is -4.35. The molecule has 3 fully saturated rings. The number of nitrogens with zero attached hydrogens (tertiary/aromatic N) is 3. The molecule has 0 aromatic heterocycles. The van der Waals surface area contributed by atoms with Crippen LogP contribution in [-0.2, 0) is 36.9 Å². The summed E-state index contributed by atoms with van der Waals surface area (Å²) in [5.74, 6) is -4.14. The predicted molar refractivity (Wildman–Crippen MR) is 173 cm³/mol. The van der Waals surface area contributed by atoms with Crippen LogP contribution >= 0.6 is 0 Å². The van der Waals surface area contributed by atoms with E-state index in [0.29, 0.717) is 50.2 Å². The molecule has 2 N–H and O–H groups in total. The molecule has 0 bridgehead atoms. The smallest absolute Gasteiger partial charge is 0.325 e.